The molecule has 1 N–H and O–H groups in total. The average molecular weight is 337 g/mol. The van der Waals surface area contributed by atoms with Crippen molar-refractivity contribution in [1.82, 2.24) is 0 Å². The van der Waals surface area contributed by atoms with Gasteiger partial charge in [-0.25, -0.2) is 4.79 Å². The number of anilines is 1. The number of nitrogens with one attached hydrogen (secondary N) is 1. The number of carbonyl (C=O) groups is 2. The smallest absolute Gasteiger partial charge is 0.341 e. The molecule has 3 aliphatic rings. The van der Waals surface area contributed by atoms with Crippen LogP contribution >= 0.6 is 0 Å². The first-order chi connectivity index (χ1) is 12.1. The zero-order chi connectivity index (χ0) is 17.2. The molecule has 1 heterocycles. The Morgan fingerprint density at radius 2 is 1.80 bits per heavy atom. The van der Waals surface area contributed by atoms with E-state index in [1.807, 2.05) is 12.1 Å². The molecule has 0 aromatic heterocycles. The van der Waals surface area contributed by atoms with Crippen molar-refractivity contribution in [2.75, 3.05) is 12.4 Å². The summed E-state index contributed by atoms with van der Waals surface area (Å²) < 4.78 is 16.6. The molecule has 0 saturated heterocycles. The maximum atomic E-state index is 12.4. The van der Waals surface area contributed by atoms with E-state index in [0.29, 0.717) is 28.9 Å². The van der Waals surface area contributed by atoms with Crippen LogP contribution in [0.3, 0.4) is 0 Å². The van der Waals surface area contributed by atoms with Crippen molar-refractivity contribution >= 4 is 17.6 Å². The van der Waals surface area contributed by atoms with Crippen molar-refractivity contribution in [3.63, 3.8) is 0 Å². The molecule has 2 fully saturated rings. The van der Waals surface area contributed by atoms with E-state index in [1.165, 1.54) is 7.11 Å². The van der Waals surface area contributed by atoms with Gasteiger partial charge in [0.1, 0.15) is 5.56 Å². The van der Waals surface area contributed by atoms with E-state index in [1.54, 1.807) is 24.3 Å². The summed E-state index contributed by atoms with van der Waals surface area (Å²) in [5, 5.41) is 2.90. The lowest BCUT2D eigenvalue weighted by Gasteiger charge is -2.23. The molecule has 2 saturated carbocycles. The van der Waals surface area contributed by atoms with Crippen LogP contribution in [0, 0.1) is 11.3 Å². The minimum Gasteiger partial charge on any atom is -0.465 e. The van der Waals surface area contributed by atoms with Crippen molar-refractivity contribution in [2.45, 2.75) is 12.8 Å². The Hall–Kier alpha value is -3.02. The Morgan fingerprint density at radius 3 is 2.44 bits per heavy atom. The second-order valence-electron chi connectivity index (χ2n) is 6.71. The lowest BCUT2D eigenvalue weighted by molar-refractivity contribution is -0.119. The normalized spacial score (nSPS) is 23.8. The Balaban J connectivity index is 1.54. The van der Waals surface area contributed by atoms with Crippen LogP contribution in [0.15, 0.2) is 36.4 Å². The van der Waals surface area contributed by atoms with Gasteiger partial charge in [0.25, 0.3) is 0 Å². The number of hydrogen-bond acceptors (Lipinski definition) is 5. The summed E-state index contributed by atoms with van der Waals surface area (Å²) in [5.74, 6) is 1.73. The molecule has 0 unspecified atom stereocenters. The standard InChI is InChI=1S/C19H15NO5/c1-23-17(21)12-6-11(20-18(22)19-8-10(19)9-19)7-15-16(12)25-14-5-3-2-4-13(14)24-15/h2-7,10H,8-9H2,1H3,(H,20,22). The fourth-order valence-corrected chi connectivity index (χ4v) is 3.29. The average Bonchev–Trinajstić information content (AvgIpc) is 3.49. The minimum atomic E-state index is -0.552. The molecule has 0 spiro atoms. The molecule has 1 aliphatic heterocycles. The quantitative estimate of drug-likeness (QED) is 0.737. The Morgan fingerprint density at radius 1 is 1.12 bits per heavy atom. The van der Waals surface area contributed by atoms with Gasteiger partial charge >= 0.3 is 5.97 Å². The van der Waals surface area contributed by atoms with Gasteiger partial charge in [-0.3, -0.25) is 4.79 Å². The second-order valence-corrected chi connectivity index (χ2v) is 6.71. The number of rotatable bonds is 3. The largest absolute Gasteiger partial charge is 0.465 e. The van der Waals surface area contributed by atoms with E-state index in [-0.39, 0.29) is 22.6 Å². The molecule has 25 heavy (non-hydrogen) atoms. The van der Waals surface area contributed by atoms with Gasteiger partial charge in [-0.05, 0) is 37.0 Å². The van der Waals surface area contributed by atoms with Crippen LogP contribution in [-0.4, -0.2) is 19.0 Å². The summed E-state index contributed by atoms with van der Waals surface area (Å²) in [7, 11) is 1.30. The van der Waals surface area contributed by atoms with Gasteiger partial charge in [-0.15, -0.1) is 0 Å². The molecule has 6 heteroatoms. The van der Waals surface area contributed by atoms with Crippen LogP contribution in [0.4, 0.5) is 5.69 Å². The van der Waals surface area contributed by atoms with E-state index in [9.17, 15) is 9.59 Å². The molecular formula is C19H15NO5. The second kappa shape index (κ2) is 4.75. The molecule has 2 aromatic carbocycles. The predicted octanol–water partition coefficient (Wildman–Crippen LogP) is 3.72. The third kappa shape index (κ3) is 2.10. The molecular weight excluding hydrogens is 322 g/mol. The summed E-state index contributed by atoms with van der Waals surface area (Å²) >= 11 is 0. The monoisotopic (exact) mass is 337 g/mol. The van der Waals surface area contributed by atoms with Gasteiger partial charge in [0, 0.05) is 11.8 Å². The highest BCUT2D eigenvalue weighted by Crippen LogP contribution is 2.75. The molecule has 0 radical (unpaired) electrons. The maximum Gasteiger partial charge on any atom is 0.341 e. The summed E-state index contributed by atoms with van der Waals surface area (Å²) in [6, 6.07) is 10.4. The van der Waals surface area contributed by atoms with Gasteiger partial charge in [0.2, 0.25) is 5.91 Å². The third-order valence-corrected chi connectivity index (χ3v) is 5.13. The lowest BCUT2D eigenvalue weighted by atomic mass is 10.1. The minimum absolute atomic E-state index is 0.00499. The van der Waals surface area contributed by atoms with E-state index in [4.69, 9.17) is 14.2 Å². The van der Waals surface area contributed by atoms with E-state index >= 15 is 0 Å². The summed E-state index contributed by atoms with van der Waals surface area (Å²) in [6.45, 7) is 0. The summed E-state index contributed by atoms with van der Waals surface area (Å²) in [4.78, 5) is 24.5. The molecule has 2 aliphatic carbocycles. The molecule has 126 valence electrons. The first-order valence-electron chi connectivity index (χ1n) is 8.13. The zero-order valence-corrected chi connectivity index (χ0v) is 13.5. The first-order valence-corrected chi connectivity index (χ1v) is 8.13. The zero-order valence-electron chi connectivity index (χ0n) is 13.5. The third-order valence-electron chi connectivity index (χ3n) is 5.13. The number of fused-ring (bicyclic) bond motifs is 3. The Kier molecular flexibility index (Phi) is 2.72. The molecule has 0 atom stereocenters. The van der Waals surface area contributed by atoms with Crippen LogP contribution in [-0.2, 0) is 9.53 Å². The maximum absolute atomic E-state index is 12.4. The molecule has 5 rings (SSSR count). The molecule has 6 nitrogen and oxygen atoms in total. The lowest BCUT2D eigenvalue weighted by Crippen LogP contribution is -2.19. The number of hydrogen-bond donors (Lipinski definition) is 1. The number of esters is 1. The number of methoxy groups -OCH3 is 1. The van der Waals surface area contributed by atoms with Gasteiger partial charge < -0.3 is 19.5 Å². The molecule has 0 bridgehead atoms. The Bertz CT molecular complexity index is 929. The van der Waals surface area contributed by atoms with Crippen LogP contribution in [0.5, 0.6) is 23.0 Å². The fourth-order valence-electron chi connectivity index (χ4n) is 3.29. The summed E-state index contributed by atoms with van der Waals surface area (Å²) in [6.07, 6.45) is 1.92. The van der Waals surface area contributed by atoms with Gasteiger partial charge in [-0.2, -0.15) is 0 Å². The fraction of sp³-hybridized carbons (Fsp3) is 0.263. The van der Waals surface area contributed by atoms with Crippen LogP contribution < -0.4 is 14.8 Å². The van der Waals surface area contributed by atoms with E-state index < -0.39 is 5.97 Å². The van der Waals surface area contributed by atoms with Gasteiger partial charge in [0.05, 0.1) is 12.5 Å². The van der Waals surface area contributed by atoms with E-state index in [0.717, 1.165) is 12.8 Å². The van der Waals surface area contributed by atoms with Crippen molar-refractivity contribution in [2.24, 2.45) is 11.3 Å². The van der Waals surface area contributed by atoms with Crippen LogP contribution in [0.25, 0.3) is 0 Å². The predicted molar refractivity (Wildman–Crippen MR) is 88.2 cm³/mol. The Labute approximate surface area is 143 Å². The number of ether oxygens (including phenoxy) is 3. The van der Waals surface area contributed by atoms with Crippen molar-refractivity contribution in [1.29, 1.82) is 0 Å². The van der Waals surface area contributed by atoms with Crippen molar-refractivity contribution in [3.05, 3.63) is 42.0 Å². The topological polar surface area (TPSA) is 73.9 Å². The SMILES string of the molecule is COC(=O)c1cc(NC(=O)C23CC2C3)cc2c1Oc1ccccc1O2. The van der Waals surface area contributed by atoms with Gasteiger partial charge in [-0.1, -0.05) is 12.1 Å². The van der Waals surface area contributed by atoms with Crippen LogP contribution in [0.2, 0.25) is 0 Å². The number of benzene rings is 2. The van der Waals surface area contributed by atoms with Crippen molar-refractivity contribution in [3.8, 4) is 23.0 Å². The first kappa shape index (κ1) is 14.3. The highest BCUT2D eigenvalue weighted by molar-refractivity contribution is 6.02. The number of para-hydroxylation sites is 2. The number of carbonyl (C=O) groups excluding carboxylic acids is 2. The highest BCUT2D eigenvalue weighted by Gasteiger charge is 2.74. The van der Waals surface area contributed by atoms with Crippen molar-refractivity contribution < 1.29 is 23.8 Å². The van der Waals surface area contributed by atoms with Crippen LogP contribution in [0.1, 0.15) is 23.2 Å². The van der Waals surface area contributed by atoms with Gasteiger partial charge in [0.15, 0.2) is 23.0 Å². The van der Waals surface area contributed by atoms with E-state index in [2.05, 4.69) is 5.32 Å². The summed E-state index contributed by atoms with van der Waals surface area (Å²) in [5.41, 5.74) is 0.551. The molecule has 1 amide bonds. The number of amides is 1. The highest BCUT2D eigenvalue weighted by atomic mass is 16.6. The molecule has 2 aromatic rings.